The van der Waals surface area contributed by atoms with Gasteiger partial charge in [0, 0.05) is 5.69 Å². The number of rotatable bonds is 2. The molecule has 0 aliphatic heterocycles. The third kappa shape index (κ3) is 2.12. The molecule has 0 saturated heterocycles. The standard InChI is InChI=1S/C16H18N2O/c17-11-16(8-1-2-9-16)15(19)18-14-7-6-12-4-3-5-13(12)10-14/h6-7,10H,1-5,8-9H2,(H,18,19). The fourth-order valence-electron chi connectivity index (χ4n) is 3.27. The Morgan fingerprint density at radius 3 is 2.63 bits per heavy atom. The molecule has 0 bridgehead atoms. The van der Waals surface area contributed by atoms with Gasteiger partial charge in [-0.15, -0.1) is 0 Å². The zero-order chi connectivity index (χ0) is 13.3. The number of hydrogen-bond donors (Lipinski definition) is 1. The van der Waals surface area contributed by atoms with E-state index in [0.717, 1.165) is 31.4 Å². The average molecular weight is 254 g/mol. The Kier molecular flexibility index (Phi) is 3.02. The van der Waals surface area contributed by atoms with Gasteiger partial charge in [0.05, 0.1) is 6.07 Å². The van der Waals surface area contributed by atoms with Crippen molar-refractivity contribution in [3.63, 3.8) is 0 Å². The highest BCUT2D eigenvalue weighted by atomic mass is 16.2. The van der Waals surface area contributed by atoms with Gasteiger partial charge in [-0.3, -0.25) is 4.79 Å². The summed E-state index contributed by atoms with van der Waals surface area (Å²) in [6.07, 6.45) is 6.79. The monoisotopic (exact) mass is 254 g/mol. The topological polar surface area (TPSA) is 52.9 Å². The van der Waals surface area contributed by atoms with E-state index in [1.54, 1.807) is 0 Å². The second-order valence-corrected chi connectivity index (χ2v) is 5.69. The quantitative estimate of drug-likeness (QED) is 0.881. The van der Waals surface area contributed by atoms with E-state index in [2.05, 4.69) is 23.5 Å². The van der Waals surface area contributed by atoms with E-state index in [-0.39, 0.29) is 5.91 Å². The number of carbonyl (C=O) groups is 1. The molecule has 2 aliphatic carbocycles. The normalized spacial score (nSPS) is 19.7. The molecule has 0 aromatic heterocycles. The zero-order valence-electron chi connectivity index (χ0n) is 11.0. The van der Waals surface area contributed by atoms with Gasteiger partial charge in [-0.25, -0.2) is 0 Å². The second kappa shape index (κ2) is 4.70. The lowest BCUT2D eigenvalue weighted by molar-refractivity contribution is -0.122. The molecule has 98 valence electrons. The number of anilines is 1. The maximum atomic E-state index is 12.3. The van der Waals surface area contributed by atoms with Crippen LogP contribution in [0.3, 0.4) is 0 Å². The predicted molar refractivity (Wildman–Crippen MR) is 73.6 cm³/mol. The van der Waals surface area contributed by atoms with Crippen molar-refractivity contribution in [3.8, 4) is 6.07 Å². The van der Waals surface area contributed by atoms with Gasteiger partial charge in [-0.1, -0.05) is 18.9 Å². The molecule has 1 N–H and O–H groups in total. The van der Waals surface area contributed by atoms with Gasteiger partial charge in [0.1, 0.15) is 5.41 Å². The van der Waals surface area contributed by atoms with Gasteiger partial charge in [0.25, 0.3) is 0 Å². The number of aryl methyl sites for hydroxylation is 2. The molecule has 1 saturated carbocycles. The fourth-order valence-corrected chi connectivity index (χ4v) is 3.27. The van der Waals surface area contributed by atoms with Crippen LogP contribution in [0.25, 0.3) is 0 Å². The summed E-state index contributed by atoms with van der Waals surface area (Å²) in [6.45, 7) is 0. The molecule has 1 aromatic rings. The van der Waals surface area contributed by atoms with Crippen molar-refractivity contribution >= 4 is 11.6 Å². The number of amides is 1. The van der Waals surface area contributed by atoms with Gasteiger partial charge in [-0.2, -0.15) is 5.26 Å². The zero-order valence-corrected chi connectivity index (χ0v) is 11.0. The number of hydrogen-bond acceptors (Lipinski definition) is 2. The van der Waals surface area contributed by atoms with E-state index in [4.69, 9.17) is 0 Å². The van der Waals surface area contributed by atoms with Crippen LogP contribution >= 0.6 is 0 Å². The smallest absolute Gasteiger partial charge is 0.244 e. The maximum absolute atomic E-state index is 12.3. The Balaban J connectivity index is 1.78. The van der Waals surface area contributed by atoms with Gasteiger partial charge in [0.15, 0.2) is 0 Å². The van der Waals surface area contributed by atoms with Crippen LogP contribution in [-0.4, -0.2) is 5.91 Å². The largest absolute Gasteiger partial charge is 0.325 e. The Morgan fingerprint density at radius 1 is 1.16 bits per heavy atom. The van der Waals surface area contributed by atoms with Crippen molar-refractivity contribution < 1.29 is 4.79 Å². The van der Waals surface area contributed by atoms with E-state index in [9.17, 15) is 10.1 Å². The molecule has 3 rings (SSSR count). The SMILES string of the molecule is N#CC1(C(=O)Nc2ccc3c(c2)CCC3)CCCC1. The summed E-state index contributed by atoms with van der Waals surface area (Å²) in [5.41, 5.74) is 2.79. The molecule has 0 radical (unpaired) electrons. The molecule has 3 heteroatoms. The first-order chi connectivity index (χ1) is 9.23. The molecule has 0 spiro atoms. The van der Waals surface area contributed by atoms with Crippen molar-refractivity contribution in [2.24, 2.45) is 5.41 Å². The number of carbonyl (C=O) groups excluding carboxylic acids is 1. The minimum atomic E-state index is -0.793. The molecule has 19 heavy (non-hydrogen) atoms. The molecular formula is C16H18N2O. The third-order valence-electron chi connectivity index (χ3n) is 4.46. The summed E-state index contributed by atoms with van der Waals surface area (Å²) < 4.78 is 0. The van der Waals surface area contributed by atoms with Gasteiger partial charge >= 0.3 is 0 Å². The summed E-state index contributed by atoms with van der Waals surface area (Å²) >= 11 is 0. The van der Waals surface area contributed by atoms with E-state index in [0.29, 0.717) is 12.8 Å². The third-order valence-corrected chi connectivity index (χ3v) is 4.46. The number of nitrogens with zero attached hydrogens (tertiary/aromatic N) is 1. The molecular weight excluding hydrogens is 236 g/mol. The molecule has 1 aromatic carbocycles. The Bertz CT molecular complexity index is 550. The highest BCUT2D eigenvalue weighted by Crippen LogP contribution is 2.38. The number of fused-ring (bicyclic) bond motifs is 1. The molecule has 1 fully saturated rings. The Hall–Kier alpha value is -1.82. The van der Waals surface area contributed by atoms with Crippen LogP contribution < -0.4 is 5.32 Å². The summed E-state index contributed by atoms with van der Waals surface area (Å²) in [5.74, 6) is -0.120. The van der Waals surface area contributed by atoms with Crippen molar-refractivity contribution in [3.05, 3.63) is 29.3 Å². The molecule has 0 unspecified atom stereocenters. The first-order valence-electron chi connectivity index (χ1n) is 7.08. The van der Waals surface area contributed by atoms with Crippen molar-refractivity contribution in [2.75, 3.05) is 5.32 Å². The highest BCUT2D eigenvalue weighted by Gasteiger charge is 2.41. The van der Waals surface area contributed by atoms with E-state index < -0.39 is 5.41 Å². The first-order valence-corrected chi connectivity index (χ1v) is 7.08. The number of benzene rings is 1. The van der Waals surface area contributed by atoms with Gasteiger partial charge in [-0.05, 0) is 55.4 Å². The minimum absolute atomic E-state index is 0.120. The van der Waals surface area contributed by atoms with Crippen LogP contribution in [0, 0.1) is 16.7 Å². The van der Waals surface area contributed by atoms with Crippen LogP contribution in [0.4, 0.5) is 5.69 Å². The predicted octanol–water partition coefficient (Wildman–Crippen LogP) is 3.20. The maximum Gasteiger partial charge on any atom is 0.244 e. The van der Waals surface area contributed by atoms with Crippen LogP contribution in [0.15, 0.2) is 18.2 Å². The van der Waals surface area contributed by atoms with Crippen molar-refractivity contribution in [1.29, 1.82) is 5.26 Å². The van der Waals surface area contributed by atoms with Gasteiger partial charge in [0.2, 0.25) is 5.91 Å². The Morgan fingerprint density at radius 2 is 1.89 bits per heavy atom. The lowest BCUT2D eigenvalue weighted by Crippen LogP contribution is -2.32. The van der Waals surface area contributed by atoms with Crippen molar-refractivity contribution in [2.45, 2.75) is 44.9 Å². The van der Waals surface area contributed by atoms with Crippen LogP contribution in [0.1, 0.15) is 43.2 Å². The van der Waals surface area contributed by atoms with Crippen LogP contribution in [0.5, 0.6) is 0 Å². The minimum Gasteiger partial charge on any atom is -0.325 e. The lowest BCUT2D eigenvalue weighted by Gasteiger charge is -2.19. The second-order valence-electron chi connectivity index (χ2n) is 5.69. The van der Waals surface area contributed by atoms with Gasteiger partial charge < -0.3 is 5.32 Å². The Labute approximate surface area is 113 Å². The average Bonchev–Trinajstić information content (AvgIpc) is 3.07. The molecule has 2 aliphatic rings. The van der Waals surface area contributed by atoms with Crippen LogP contribution in [0.2, 0.25) is 0 Å². The summed E-state index contributed by atoms with van der Waals surface area (Å²) in [4.78, 5) is 12.3. The summed E-state index contributed by atoms with van der Waals surface area (Å²) in [5, 5.41) is 12.3. The molecule has 0 heterocycles. The number of nitrogens with one attached hydrogen (secondary N) is 1. The molecule has 1 amide bonds. The van der Waals surface area contributed by atoms with Crippen LogP contribution in [-0.2, 0) is 17.6 Å². The highest BCUT2D eigenvalue weighted by molar-refractivity contribution is 5.97. The van der Waals surface area contributed by atoms with Crippen molar-refractivity contribution in [1.82, 2.24) is 0 Å². The van der Waals surface area contributed by atoms with E-state index >= 15 is 0 Å². The first kappa shape index (κ1) is 12.2. The number of nitriles is 1. The molecule has 3 nitrogen and oxygen atoms in total. The fraction of sp³-hybridized carbons (Fsp3) is 0.500. The van der Waals surface area contributed by atoms with E-state index in [1.165, 1.54) is 17.5 Å². The lowest BCUT2D eigenvalue weighted by atomic mass is 9.87. The molecule has 0 atom stereocenters. The summed E-state index contributed by atoms with van der Waals surface area (Å²) in [7, 11) is 0. The summed E-state index contributed by atoms with van der Waals surface area (Å²) in [6, 6.07) is 8.37. The van der Waals surface area contributed by atoms with E-state index in [1.807, 2.05) is 6.07 Å².